The molecule has 1 aliphatic rings. The first-order chi connectivity index (χ1) is 10.0. The number of rotatable bonds is 2. The predicted molar refractivity (Wildman–Crippen MR) is 84.2 cm³/mol. The lowest BCUT2D eigenvalue weighted by Crippen LogP contribution is -2.03. The van der Waals surface area contributed by atoms with Crippen molar-refractivity contribution in [2.24, 2.45) is 0 Å². The van der Waals surface area contributed by atoms with E-state index < -0.39 is 0 Å². The molecule has 0 amide bonds. The number of hydrogen-bond donors (Lipinski definition) is 2. The fraction of sp³-hybridized carbons (Fsp3) is 0.412. The van der Waals surface area contributed by atoms with Crippen LogP contribution in [-0.2, 0) is 0 Å². The van der Waals surface area contributed by atoms with Crippen LogP contribution < -0.4 is 5.73 Å². The van der Waals surface area contributed by atoms with Gasteiger partial charge < -0.3 is 10.8 Å². The van der Waals surface area contributed by atoms with Gasteiger partial charge in [-0.1, -0.05) is 12.8 Å². The molecule has 1 aromatic heterocycles. The molecular formula is C17H21N3O. The van der Waals surface area contributed by atoms with Crippen LogP contribution in [0.2, 0.25) is 0 Å². The standard InChI is InChI=1S/C17H21N3O/c1-10-7-13(8-11(2)16(10)21)17-19-14(9-15(18)20-17)12-5-3-4-6-12/h7-9,12,21H,3-6H2,1-2H3,(H2,18,19,20). The van der Waals surface area contributed by atoms with Crippen molar-refractivity contribution in [1.29, 1.82) is 0 Å². The third kappa shape index (κ3) is 2.71. The molecule has 1 fully saturated rings. The molecule has 0 bridgehead atoms. The summed E-state index contributed by atoms with van der Waals surface area (Å²) in [5, 5.41) is 9.89. The van der Waals surface area contributed by atoms with E-state index in [4.69, 9.17) is 10.7 Å². The highest BCUT2D eigenvalue weighted by Gasteiger charge is 2.20. The number of aryl methyl sites for hydroxylation is 2. The molecule has 21 heavy (non-hydrogen) atoms. The minimum absolute atomic E-state index is 0.332. The first-order valence-electron chi connectivity index (χ1n) is 7.49. The summed E-state index contributed by atoms with van der Waals surface area (Å²) in [7, 11) is 0. The summed E-state index contributed by atoms with van der Waals surface area (Å²) in [4.78, 5) is 9.10. The Hall–Kier alpha value is -2.10. The summed E-state index contributed by atoms with van der Waals surface area (Å²) in [6.07, 6.45) is 4.90. The normalized spacial score (nSPS) is 15.5. The van der Waals surface area contributed by atoms with Crippen LogP contribution in [-0.4, -0.2) is 15.1 Å². The summed E-state index contributed by atoms with van der Waals surface area (Å²) >= 11 is 0. The van der Waals surface area contributed by atoms with Crippen LogP contribution >= 0.6 is 0 Å². The molecular weight excluding hydrogens is 262 g/mol. The van der Waals surface area contributed by atoms with Crippen molar-refractivity contribution in [3.8, 4) is 17.1 Å². The van der Waals surface area contributed by atoms with Crippen LogP contribution in [0.3, 0.4) is 0 Å². The molecule has 1 aliphatic carbocycles. The Bertz CT molecular complexity index is 653. The Morgan fingerprint density at radius 1 is 1.05 bits per heavy atom. The van der Waals surface area contributed by atoms with E-state index in [1.807, 2.05) is 32.0 Å². The fourth-order valence-corrected chi connectivity index (χ4v) is 3.13. The minimum Gasteiger partial charge on any atom is -0.507 e. The quantitative estimate of drug-likeness (QED) is 0.881. The lowest BCUT2D eigenvalue weighted by molar-refractivity contribution is 0.467. The van der Waals surface area contributed by atoms with Gasteiger partial charge in [-0.3, -0.25) is 0 Å². The summed E-state index contributed by atoms with van der Waals surface area (Å²) in [5.74, 6) is 2.01. The van der Waals surface area contributed by atoms with Crippen molar-refractivity contribution in [3.05, 3.63) is 35.0 Å². The minimum atomic E-state index is 0.332. The third-order valence-electron chi connectivity index (χ3n) is 4.29. The van der Waals surface area contributed by atoms with E-state index in [2.05, 4.69) is 4.98 Å². The van der Waals surface area contributed by atoms with Crippen LogP contribution in [0.4, 0.5) is 5.82 Å². The van der Waals surface area contributed by atoms with Gasteiger partial charge >= 0.3 is 0 Å². The zero-order valence-corrected chi connectivity index (χ0v) is 12.6. The Labute approximate surface area is 125 Å². The summed E-state index contributed by atoms with van der Waals surface area (Å²) < 4.78 is 0. The van der Waals surface area contributed by atoms with E-state index in [1.165, 1.54) is 25.7 Å². The first-order valence-corrected chi connectivity index (χ1v) is 7.49. The molecule has 3 rings (SSSR count). The molecule has 0 aliphatic heterocycles. The molecule has 1 aromatic carbocycles. The number of phenols is 1. The Morgan fingerprint density at radius 2 is 1.67 bits per heavy atom. The maximum atomic E-state index is 9.89. The van der Waals surface area contributed by atoms with Crippen molar-refractivity contribution in [2.45, 2.75) is 45.4 Å². The average Bonchev–Trinajstić information content (AvgIpc) is 2.97. The topological polar surface area (TPSA) is 72.0 Å². The van der Waals surface area contributed by atoms with Gasteiger partial charge in [-0.05, 0) is 49.9 Å². The molecule has 1 heterocycles. The lowest BCUT2D eigenvalue weighted by atomic mass is 10.0. The fourth-order valence-electron chi connectivity index (χ4n) is 3.13. The van der Waals surface area contributed by atoms with Gasteiger partial charge in [0, 0.05) is 23.2 Å². The average molecular weight is 283 g/mol. The number of aromatic nitrogens is 2. The number of nitrogens with zero attached hydrogens (tertiary/aromatic N) is 2. The van der Waals surface area contributed by atoms with Gasteiger partial charge in [0.1, 0.15) is 11.6 Å². The maximum absolute atomic E-state index is 9.89. The lowest BCUT2D eigenvalue weighted by Gasteiger charge is -2.12. The number of hydrogen-bond acceptors (Lipinski definition) is 4. The second-order valence-electron chi connectivity index (χ2n) is 5.98. The molecule has 4 heteroatoms. The van der Waals surface area contributed by atoms with Crippen LogP contribution in [0.15, 0.2) is 18.2 Å². The molecule has 4 nitrogen and oxygen atoms in total. The smallest absolute Gasteiger partial charge is 0.161 e. The van der Waals surface area contributed by atoms with Crippen LogP contribution in [0.5, 0.6) is 5.75 Å². The summed E-state index contributed by atoms with van der Waals surface area (Å²) in [5.41, 5.74) is 9.60. The largest absolute Gasteiger partial charge is 0.507 e. The first kappa shape index (κ1) is 13.9. The molecule has 3 N–H and O–H groups in total. The van der Waals surface area contributed by atoms with E-state index >= 15 is 0 Å². The highest BCUT2D eigenvalue weighted by Crippen LogP contribution is 2.35. The van der Waals surface area contributed by atoms with Gasteiger partial charge in [-0.15, -0.1) is 0 Å². The molecule has 0 saturated heterocycles. The number of nitrogen functional groups attached to an aromatic ring is 1. The van der Waals surface area contributed by atoms with Gasteiger partial charge in [0.15, 0.2) is 5.82 Å². The second-order valence-corrected chi connectivity index (χ2v) is 5.98. The van der Waals surface area contributed by atoms with Gasteiger partial charge in [0.2, 0.25) is 0 Å². The van der Waals surface area contributed by atoms with Gasteiger partial charge in [0.05, 0.1) is 0 Å². The van der Waals surface area contributed by atoms with Gasteiger partial charge in [-0.25, -0.2) is 9.97 Å². The zero-order chi connectivity index (χ0) is 15.0. The molecule has 0 spiro atoms. The zero-order valence-electron chi connectivity index (χ0n) is 12.6. The Morgan fingerprint density at radius 3 is 2.29 bits per heavy atom. The van der Waals surface area contributed by atoms with Crippen molar-refractivity contribution in [1.82, 2.24) is 9.97 Å². The van der Waals surface area contributed by atoms with Crippen molar-refractivity contribution in [2.75, 3.05) is 5.73 Å². The molecule has 0 atom stereocenters. The third-order valence-corrected chi connectivity index (χ3v) is 4.29. The van der Waals surface area contributed by atoms with E-state index in [-0.39, 0.29) is 0 Å². The van der Waals surface area contributed by atoms with Crippen LogP contribution in [0.25, 0.3) is 11.4 Å². The van der Waals surface area contributed by atoms with Crippen molar-refractivity contribution in [3.63, 3.8) is 0 Å². The number of phenolic OH excluding ortho intramolecular Hbond substituents is 1. The monoisotopic (exact) mass is 283 g/mol. The van der Waals surface area contributed by atoms with Crippen molar-refractivity contribution < 1.29 is 5.11 Å². The molecule has 110 valence electrons. The second kappa shape index (κ2) is 5.35. The van der Waals surface area contributed by atoms with Crippen molar-refractivity contribution >= 4 is 5.82 Å². The van der Waals surface area contributed by atoms with E-state index in [9.17, 15) is 5.11 Å². The Kier molecular flexibility index (Phi) is 3.53. The highest BCUT2D eigenvalue weighted by molar-refractivity contribution is 5.62. The molecule has 2 aromatic rings. The number of aromatic hydroxyl groups is 1. The number of anilines is 1. The van der Waals surface area contributed by atoms with Gasteiger partial charge in [-0.2, -0.15) is 0 Å². The van der Waals surface area contributed by atoms with Crippen LogP contribution in [0, 0.1) is 13.8 Å². The molecule has 1 saturated carbocycles. The SMILES string of the molecule is Cc1cc(-c2nc(N)cc(C3CCCC3)n2)cc(C)c1O. The Balaban J connectivity index is 2.06. The highest BCUT2D eigenvalue weighted by atomic mass is 16.3. The predicted octanol–water partition coefficient (Wildman–Crippen LogP) is 3.71. The number of benzene rings is 1. The van der Waals surface area contributed by atoms with E-state index in [0.717, 1.165) is 22.4 Å². The van der Waals surface area contributed by atoms with Gasteiger partial charge in [0.25, 0.3) is 0 Å². The molecule has 0 radical (unpaired) electrons. The van der Waals surface area contributed by atoms with Crippen LogP contribution in [0.1, 0.15) is 48.4 Å². The summed E-state index contributed by atoms with van der Waals surface area (Å²) in [6.45, 7) is 3.77. The van der Waals surface area contributed by atoms with E-state index in [1.54, 1.807) is 0 Å². The maximum Gasteiger partial charge on any atom is 0.161 e. The molecule has 0 unspecified atom stereocenters. The summed E-state index contributed by atoms with van der Waals surface area (Å²) in [6, 6.07) is 5.73. The van der Waals surface area contributed by atoms with E-state index in [0.29, 0.717) is 23.3 Å². The number of nitrogens with two attached hydrogens (primary N) is 1.